The van der Waals surface area contributed by atoms with Crippen molar-refractivity contribution >= 4 is 27.5 Å². The molecular weight excluding hydrogens is 354 g/mol. The van der Waals surface area contributed by atoms with E-state index in [1.54, 1.807) is 0 Å². The highest BCUT2D eigenvalue weighted by atomic mass is 33.1. The summed E-state index contributed by atoms with van der Waals surface area (Å²) in [7, 11) is 3.75. The number of carbonyl (C=O) groups is 1. The van der Waals surface area contributed by atoms with E-state index in [9.17, 15) is 4.79 Å². The molecule has 0 aliphatic carbocycles. The van der Waals surface area contributed by atoms with Crippen LogP contribution in [0.4, 0.5) is 0 Å². The van der Waals surface area contributed by atoms with E-state index in [0.717, 1.165) is 25.3 Å². The predicted octanol–water partition coefficient (Wildman–Crippen LogP) is 2.48. The van der Waals surface area contributed by atoms with Crippen molar-refractivity contribution in [2.45, 2.75) is 52.5 Å². The van der Waals surface area contributed by atoms with Crippen molar-refractivity contribution in [3.8, 4) is 11.8 Å². The lowest BCUT2D eigenvalue weighted by Crippen LogP contribution is -2.31. The Hall–Kier alpha value is -0.390. The van der Waals surface area contributed by atoms with Gasteiger partial charge in [-0.3, -0.25) is 4.79 Å². The van der Waals surface area contributed by atoms with E-state index in [2.05, 4.69) is 48.6 Å². The van der Waals surface area contributed by atoms with Crippen molar-refractivity contribution in [3.63, 3.8) is 0 Å². The van der Waals surface area contributed by atoms with Crippen LogP contribution in [0.3, 0.4) is 0 Å². The molecule has 3 N–H and O–H groups in total. The summed E-state index contributed by atoms with van der Waals surface area (Å²) in [5.74, 6) is 7.22. The van der Waals surface area contributed by atoms with Crippen LogP contribution in [0, 0.1) is 17.8 Å². The van der Waals surface area contributed by atoms with Crippen molar-refractivity contribution in [1.29, 1.82) is 0 Å². The van der Waals surface area contributed by atoms with Crippen LogP contribution in [-0.2, 0) is 9.53 Å². The number of ether oxygens (including phenoxy) is 1. The first-order chi connectivity index (χ1) is 12.0. The Balaban J connectivity index is 3.57. The standard InChI is InChI=1S/C18H35N3O2S2/c1-6-18(25-24-13-11-19-16(4)5)21-10-12-23-14-17(22)20-9-7-8-15(2)3/h15-16,18-19,21H,6,9-14H2,1-5H3,(H,20,22). The van der Waals surface area contributed by atoms with Crippen LogP contribution in [-0.4, -0.2) is 55.9 Å². The monoisotopic (exact) mass is 389 g/mol. The molecule has 0 saturated heterocycles. The van der Waals surface area contributed by atoms with Gasteiger partial charge in [0.2, 0.25) is 5.91 Å². The molecule has 25 heavy (non-hydrogen) atoms. The molecule has 0 fully saturated rings. The minimum absolute atomic E-state index is 0.0879. The molecule has 0 saturated carbocycles. The first kappa shape index (κ1) is 24.6. The summed E-state index contributed by atoms with van der Waals surface area (Å²) in [4.78, 5) is 11.6. The number of nitrogens with one attached hydrogen (secondary N) is 3. The van der Waals surface area contributed by atoms with Gasteiger partial charge in [0.1, 0.15) is 6.61 Å². The van der Waals surface area contributed by atoms with Crippen LogP contribution < -0.4 is 16.0 Å². The van der Waals surface area contributed by atoms with Gasteiger partial charge in [0.05, 0.1) is 18.5 Å². The summed E-state index contributed by atoms with van der Waals surface area (Å²) in [6.45, 7) is 13.3. The van der Waals surface area contributed by atoms with E-state index in [4.69, 9.17) is 4.74 Å². The fourth-order valence-corrected chi connectivity index (χ4v) is 4.10. The number of carbonyl (C=O) groups excluding carboxylic acids is 1. The van der Waals surface area contributed by atoms with E-state index in [-0.39, 0.29) is 12.5 Å². The van der Waals surface area contributed by atoms with E-state index in [0.29, 0.717) is 30.5 Å². The van der Waals surface area contributed by atoms with Gasteiger partial charge in [0.15, 0.2) is 0 Å². The Morgan fingerprint density at radius 1 is 1.16 bits per heavy atom. The summed E-state index contributed by atoms with van der Waals surface area (Å²) in [6.07, 6.45) is 1.06. The molecular formula is C18H35N3O2S2. The van der Waals surface area contributed by atoms with Gasteiger partial charge in [-0.05, 0) is 6.42 Å². The Bertz CT molecular complexity index is 396. The first-order valence-electron chi connectivity index (χ1n) is 9.03. The van der Waals surface area contributed by atoms with E-state index in [1.807, 2.05) is 35.4 Å². The molecule has 0 aromatic heterocycles. The first-order valence-corrected chi connectivity index (χ1v) is 11.4. The third-order valence-electron chi connectivity index (χ3n) is 2.91. The molecule has 146 valence electrons. The van der Waals surface area contributed by atoms with Gasteiger partial charge in [-0.25, -0.2) is 0 Å². The summed E-state index contributed by atoms with van der Waals surface area (Å²) in [6, 6.07) is 0.544. The maximum absolute atomic E-state index is 11.6. The third kappa shape index (κ3) is 18.2. The highest BCUT2D eigenvalue weighted by Crippen LogP contribution is 2.26. The summed E-state index contributed by atoms with van der Waals surface area (Å²) >= 11 is 0. The minimum atomic E-state index is -0.118. The topological polar surface area (TPSA) is 62.4 Å². The molecule has 5 nitrogen and oxygen atoms in total. The average molecular weight is 390 g/mol. The highest BCUT2D eigenvalue weighted by molar-refractivity contribution is 8.76. The zero-order valence-electron chi connectivity index (χ0n) is 16.3. The largest absolute Gasteiger partial charge is 0.370 e. The summed E-state index contributed by atoms with van der Waals surface area (Å²) in [5.41, 5.74) is 0. The summed E-state index contributed by atoms with van der Waals surface area (Å²) < 4.78 is 5.39. The second-order valence-electron chi connectivity index (χ2n) is 6.18. The fraction of sp³-hybridized carbons (Fsp3) is 0.833. The maximum atomic E-state index is 11.6. The van der Waals surface area contributed by atoms with Gasteiger partial charge in [-0.2, -0.15) is 0 Å². The zero-order chi connectivity index (χ0) is 18.9. The van der Waals surface area contributed by atoms with Crippen LogP contribution in [0.2, 0.25) is 0 Å². The molecule has 0 bridgehead atoms. The molecule has 0 heterocycles. The molecule has 0 spiro atoms. The van der Waals surface area contributed by atoms with Crippen molar-refractivity contribution < 1.29 is 9.53 Å². The Morgan fingerprint density at radius 2 is 1.92 bits per heavy atom. The second-order valence-corrected chi connectivity index (χ2v) is 8.87. The van der Waals surface area contributed by atoms with Crippen molar-refractivity contribution in [2.24, 2.45) is 5.92 Å². The van der Waals surface area contributed by atoms with Gasteiger partial charge < -0.3 is 20.7 Å². The molecule has 7 heteroatoms. The van der Waals surface area contributed by atoms with Gasteiger partial charge in [-0.15, -0.1) is 0 Å². The van der Waals surface area contributed by atoms with Crippen molar-refractivity contribution in [3.05, 3.63) is 0 Å². The van der Waals surface area contributed by atoms with E-state index < -0.39 is 0 Å². The normalized spacial score (nSPS) is 12.1. The number of rotatable bonds is 14. The molecule has 1 atom stereocenters. The van der Waals surface area contributed by atoms with Gasteiger partial charge in [0, 0.05) is 30.8 Å². The average Bonchev–Trinajstić information content (AvgIpc) is 2.55. The van der Waals surface area contributed by atoms with E-state index in [1.165, 1.54) is 0 Å². The highest BCUT2D eigenvalue weighted by Gasteiger charge is 2.06. The number of hydrogen-bond donors (Lipinski definition) is 3. The Morgan fingerprint density at radius 3 is 2.56 bits per heavy atom. The molecule has 0 rings (SSSR count). The SMILES string of the molecule is CCC(NCCOCC(=O)NCC#CC(C)C)SSCCNC(C)C. The fourth-order valence-electron chi connectivity index (χ4n) is 1.67. The molecule has 0 aliphatic heterocycles. The quantitative estimate of drug-likeness (QED) is 0.184. The van der Waals surface area contributed by atoms with Crippen LogP contribution in [0.1, 0.15) is 41.0 Å². The predicted molar refractivity (Wildman–Crippen MR) is 112 cm³/mol. The third-order valence-corrected chi connectivity index (χ3v) is 5.75. The second kappa shape index (κ2) is 17.0. The van der Waals surface area contributed by atoms with Crippen molar-refractivity contribution in [1.82, 2.24) is 16.0 Å². The van der Waals surface area contributed by atoms with Gasteiger partial charge in [0.25, 0.3) is 0 Å². The van der Waals surface area contributed by atoms with E-state index >= 15 is 0 Å². The number of hydrogen-bond acceptors (Lipinski definition) is 6. The van der Waals surface area contributed by atoms with Crippen molar-refractivity contribution in [2.75, 3.05) is 38.6 Å². The van der Waals surface area contributed by atoms with Crippen LogP contribution in [0.25, 0.3) is 0 Å². The molecule has 0 radical (unpaired) electrons. The minimum Gasteiger partial charge on any atom is -0.370 e. The lowest BCUT2D eigenvalue weighted by Gasteiger charge is -2.16. The lowest BCUT2D eigenvalue weighted by molar-refractivity contribution is -0.125. The van der Waals surface area contributed by atoms with Gasteiger partial charge >= 0.3 is 0 Å². The Kier molecular flexibility index (Phi) is 16.8. The smallest absolute Gasteiger partial charge is 0.246 e. The summed E-state index contributed by atoms with van der Waals surface area (Å²) in [5, 5.41) is 10.00. The van der Waals surface area contributed by atoms with Crippen LogP contribution in [0.15, 0.2) is 0 Å². The number of amides is 1. The van der Waals surface area contributed by atoms with Gasteiger partial charge in [-0.1, -0.05) is 68.0 Å². The van der Waals surface area contributed by atoms with Crippen LogP contribution in [0.5, 0.6) is 0 Å². The molecule has 1 amide bonds. The molecule has 0 aromatic rings. The molecule has 1 unspecified atom stereocenters. The Labute approximate surface area is 162 Å². The lowest BCUT2D eigenvalue weighted by atomic mass is 10.2. The molecule has 0 aromatic carbocycles. The zero-order valence-corrected chi connectivity index (χ0v) is 17.9. The maximum Gasteiger partial charge on any atom is 0.246 e. The molecule has 0 aliphatic rings. The van der Waals surface area contributed by atoms with Crippen LogP contribution >= 0.6 is 21.6 Å².